The van der Waals surface area contributed by atoms with Crippen molar-refractivity contribution in [2.45, 2.75) is 19.6 Å². The number of benzene rings is 1. The third-order valence-corrected chi connectivity index (χ3v) is 2.87. The van der Waals surface area contributed by atoms with Crippen LogP contribution in [0.25, 0.3) is 0 Å². The number of carbonyl (C=O) groups excluding carboxylic acids is 1. The molecular formula is C16H16F2N2O3. The van der Waals surface area contributed by atoms with Gasteiger partial charge < -0.3 is 14.8 Å². The number of carbonyl (C=O) groups is 1. The molecule has 23 heavy (non-hydrogen) atoms. The molecule has 0 bridgehead atoms. The molecule has 1 unspecified atom stereocenters. The van der Waals surface area contributed by atoms with E-state index in [4.69, 9.17) is 4.74 Å². The van der Waals surface area contributed by atoms with Crippen LogP contribution in [0.1, 0.15) is 17.3 Å². The van der Waals surface area contributed by atoms with E-state index in [9.17, 15) is 13.6 Å². The molecule has 0 saturated carbocycles. The topological polar surface area (TPSA) is 60.5 Å². The summed E-state index contributed by atoms with van der Waals surface area (Å²) in [5.74, 6) is -0.0978. The monoisotopic (exact) mass is 322 g/mol. The summed E-state index contributed by atoms with van der Waals surface area (Å²) in [4.78, 5) is 16.0. The van der Waals surface area contributed by atoms with Gasteiger partial charge in [-0.15, -0.1) is 0 Å². The van der Waals surface area contributed by atoms with Gasteiger partial charge in [-0.2, -0.15) is 8.78 Å². The fraction of sp³-hybridized carbons (Fsp3) is 0.250. The van der Waals surface area contributed by atoms with Gasteiger partial charge in [0.25, 0.3) is 5.91 Å². The predicted molar refractivity (Wildman–Crippen MR) is 79.7 cm³/mol. The van der Waals surface area contributed by atoms with Gasteiger partial charge >= 0.3 is 6.61 Å². The number of nitrogens with one attached hydrogen (secondary N) is 1. The highest BCUT2D eigenvalue weighted by Gasteiger charge is 2.16. The fourth-order valence-corrected chi connectivity index (χ4v) is 1.88. The second-order valence-electron chi connectivity index (χ2n) is 4.70. The van der Waals surface area contributed by atoms with E-state index in [1.165, 1.54) is 18.2 Å². The summed E-state index contributed by atoms with van der Waals surface area (Å²) in [5, 5.41) is 2.62. The lowest BCUT2D eigenvalue weighted by atomic mass is 10.2. The van der Waals surface area contributed by atoms with Crippen LogP contribution >= 0.6 is 0 Å². The zero-order chi connectivity index (χ0) is 16.7. The largest absolute Gasteiger partial charge is 0.487 e. The maximum Gasteiger partial charge on any atom is 0.387 e. The van der Waals surface area contributed by atoms with Crippen molar-refractivity contribution in [3.8, 4) is 11.5 Å². The third kappa shape index (κ3) is 5.21. The van der Waals surface area contributed by atoms with Gasteiger partial charge in [-0.05, 0) is 31.2 Å². The Morgan fingerprint density at radius 2 is 2.00 bits per heavy atom. The Labute approximate surface area is 132 Å². The Balaban J connectivity index is 1.92. The first kappa shape index (κ1) is 16.7. The first-order chi connectivity index (χ1) is 11.1. The summed E-state index contributed by atoms with van der Waals surface area (Å²) in [6.07, 6.45) is 2.87. The van der Waals surface area contributed by atoms with Gasteiger partial charge in [-0.3, -0.25) is 9.78 Å². The number of ether oxygens (including phenoxy) is 2. The quantitative estimate of drug-likeness (QED) is 0.851. The molecule has 1 N–H and O–H groups in total. The summed E-state index contributed by atoms with van der Waals surface area (Å²) in [6, 6.07) is 9.30. The van der Waals surface area contributed by atoms with E-state index in [1.807, 2.05) is 0 Å². The van der Waals surface area contributed by atoms with Crippen LogP contribution in [-0.4, -0.2) is 30.2 Å². The van der Waals surface area contributed by atoms with Gasteiger partial charge in [0.05, 0.1) is 18.3 Å². The fourth-order valence-electron chi connectivity index (χ4n) is 1.88. The first-order valence-electron chi connectivity index (χ1n) is 6.95. The van der Waals surface area contributed by atoms with Crippen LogP contribution in [0, 0.1) is 0 Å². The number of hydrogen-bond acceptors (Lipinski definition) is 4. The standard InChI is InChI=1S/C16H16F2N2O3/c1-11(22-12-5-4-8-19-10-12)9-20-15(21)13-6-2-3-7-14(13)23-16(17)18/h2-8,10-11,16H,9H2,1H3,(H,20,21). The van der Waals surface area contributed by atoms with Crippen LogP contribution in [0.5, 0.6) is 11.5 Å². The number of pyridine rings is 1. The van der Waals surface area contributed by atoms with Gasteiger partial charge in [0.1, 0.15) is 17.6 Å². The number of alkyl halides is 2. The molecule has 1 aromatic heterocycles. The molecule has 5 nitrogen and oxygen atoms in total. The van der Waals surface area contributed by atoms with Crippen molar-refractivity contribution in [2.24, 2.45) is 0 Å². The normalized spacial score (nSPS) is 11.8. The number of rotatable bonds is 7. The molecule has 2 rings (SSSR count). The van der Waals surface area contributed by atoms with Crippen LogP contribution in [0.4, 0.5) is 8.78 Å². The maximum atomic E-state index is 12.3. The van der Waals surface area contributed by atoms with Gasteiger partial charge in [-0.1, -0.05) is 12.1 Å². The first-order valence-corrected chi connectivity index (χ1v) is 6.95. The number of aromatic nitrogens is 1. The molecular weight excluding hydrogens is 306 g/mol. The number of halogens is 2. The summed E-state index contributed by atoms with van der Waals surface area (Å²) in [5.41, 5.74) is 0.0429. The van der Waals surface area contributed by atoms with E-state index in [0.29, 0.717) is 5.75 Å². The summed E-state index contributed by atoms with van der Waals surface area (Å²) in [7, 11) is 0. The molecule has 1 amide bonds. The molecule has 2 aromatic rings. The van der Waals surface area contributed by atoms with Crippen molar-refractivity contribution in [1.29, 1.82) is 0 Å². The Morgan fingerprint density at radius 3 is 2.70 bits per heavy atom. The van der Waals surface area contributed by atoms with Gasteiger partial charge in [-0.25, -0.2) is 0 Å². The number of nitrogens with zero attached hydrogens (tertiary/aromatic N) is 1. The minimum Gasteiger partial charge on any atom is -0.487 e. The molecule has 1 heterocycles. The SMILES string of the molecule is CC(CNC(=O)c1ccccc1OC(F)F)Oc1cccnc1. The van der Waals surface area contributed by atoms with E-state index in [1.54, 1.807) is 37.5 Å². The highest BCUT2D eigenvalue weighted by molar-refractivity contribution is 5.96. The van der Waals surface area contributed by atoms with Crippen molar-refractivity contribution in [2.75, 3.05) is 6.54 Å². The molecule has 1 aromatic carbocycles. The highest BCUT2D eigenvalue weighted by Crippen LogP contribution is 2.20. The lowest BCUT2D eigenvalue weighted by Crippen LogP contribution is -2.33. The summed E-state index contributed by atoms with van der Waals surface area (Å²) in [6.45, 7) is -1.01. The lowest BCUT2D eigenvalue weighted by Gasteiger charge is -2.16. The van der Waals surface area contributed by atoms with E-state index >= 15 is 0 Å². The minimum atomic E-state index is -2.99. The number of hydrogen-bond donors (Lipinski definition) is 1. The van der Waals surface area contributed by atoms with Gasteiger partial charge in [0.2, 0.25) is 0 Å². The smallest absolute Gasteiger partial charge is 0.387 e. The molecule has 0 fully saturated rings. The van der Waals surface area contributed by atoms with E-state index < -0.39 is 12.5 Å². The Bertz CT molecular complexity index is 638. The van der Waals surface area contributed by atoms with Crippen LogP contribution in [0.15, 0.2) is 48.8 Å². The van der Waals surface area contributed by atoms with Gasteiger partial charge in [0.15, 0.2) is 0 Å². The Hall–Kier alpha value is -2.70. The molecule has 0 radical (unpaired) electrons. The van der Waals surface area contributed by atoms with Crippen LogP contribution in [-0.2, 0) is 0 Å². The average molecular weight is 322 g/mol. The van der Waals surface area contributed by atoms with Crippen molar-refractivity contribution in [1.82, 2.24) is 10.3 Å². The van der Waals surface area contributed by atoms with Crippen molar-refractivity contribution >= 4 is 5.91 Å². The van der Waals surface area contributed by atoms with Gasteiger partial charge in [0, 0.05) is 6.20 Å². The predicted octanol–water partition coefficient (Wildman–Crippen LogP) is 2.88. The Morgan fingerprint density at radius 1 is 1.22 bits per heavy atom. The van der Waals surface area contributed by atoms with Crippen molar-refractivity contribution in [3.05, 3.63) is 54.4 Å². The lowest BCUT2D eigenvalue weighted by molar-refractivity contribution is -0.0501. The Kier molecular flexibility index (Phi) is 5.85. The maximum absolute atomic E-state index is 12.3. The van der Waals surface area contributed by atoms with E-state index in [2.05, 4.69) is 15.0 Å². The second-order valence-corrected chi connectivity index (χ2v) is 4.70. The zero-order valence-electron chi connectivity index (χ0n) is 12.4. The number of para-hydroxylation sites is 1. The molecule has 0 saturated heterocycles. The van der Waals surface area contributed by atoms with Crippen molar-refractivity contribution in [3.63, 3.8) is 0 Å². The highest BCUT2D eigenvalue weighted by atomic mass is 19.3. The van der Waals surface area contributed by atoms with E-state index in [0.717, 1.165) is 0 Å². The molecule has 122 valence electrons. The summed E-state index contributed by atoms with van der Waals surface area (Å²) < 4.78 is 34.6. The minimum absolute atomic E-state index is 0.0429. The average Bonchev–Trinajstić information content (AvgIpc) is 2.53. The zero-order valence-corrected chi connectivity index (χ0v) is 12.4. The molecule has 7 heteroatoms. The molecule has 0 aliphatic carbocycles. The molecule has 0 aliphatic heterocycles. The van der Waals surface area contributed by atoms with Crippen molar-refractivity contribution < 1.29 is 23.0 Å². The van der Waals surface area contributed by atoms with E-state index in [-0.39, 0.29) is 24.0 Å². The summed E-state index contributed by atoms with van der Waals surface area (Å²) >= 11 is 0. The molecule has 1 atom stereocenters. The second kappa shape index (κ2) is 8.07. The number of amides is 1. The van der Waals surface area contributed by atoms with Crippen LogP contribution in [0.2, 0.25) is 0 Å². The molecule has 0 aliphatic rings. The third-order valence-electron chi connectivity index (χ3n) is 2.87. The molecule has 0 spiro atoms. The van der Waals surface area contributed by atoms with Crippen LogP contribution < -0.4 is 14.8 Å². The van der Waals surface area contributed by atoms with Crippen LogP contribution in [0.3, 0.4) is 0 Å².